The SMILES string of the molecule is CC1=C(/C=C\CC(=O)NCc2cccs2)Sc2ccccc2C(c2cccc(Cl)c2)=N1. The Hall–Kier alpha value is -2.60. The van der Waals surface area contributed by atoms with E-state index in [4.69, 9.17) is 16.6 Å². The number of fused-ring (bicyclic) bond motifs is 1. The molecule has 0 atom stereocenters. The Bertz CT molecular complexity index is 1180. The van der Waals surface area contributed by atoms with Crippen LogP contribution in [0.25, 0.3) is 0 Å². The lowest BCUT2D eigenvalue weighted by Crippen LogP contribution is -2.21. The van der Waals surface area contributed by atoms with Crippen molar-refractivity contribution < 1.29 is 4.79 Å². The molecule has 2 heterocycles. The predicted molar refractivity (Wildman–Crippen MR) is 132 cm³/mol. The molecule has 0 aliphatic carbocycles. The van der Waals surface area contributed by atoms with E-state index >= 15 is 0 Å². The van der Waals surface area contributed by atoms with Gasteiger partial charge in [-0.05, 0) is 42.6 Å². The molecule has 1 amide bonds. The summed E-state index contributed by atoms with van der Waals surface area (Å²) < 4.78 is 0. The average molecular weight is 465 g/mol. The van der Waals surface area contributed by atoms with Crippen molar-refractivity contribution in [2.45, 2.75) is 24.8 Å². The summed E-state index contributed by atoms with van der Waals surface area (Å²) in [6, 6.07) is 20.0. The van der Waals surface area contributed by atoms with Gasteiger partial charge in [-0.15, -0.1) is 11.3 Å². The molecule has 0 saturated carbocycles. The summed E-state index contributed by atoms with van der Waals surface area (Å²) >= 11 is 9.54. The molecular weight excluding hydrogens is 444 g/mol. The third-order valence-electron chi connectivity index (χ3n) is 4.71. The Morgan fingerprint density at radius 1 is 1.13 bits per heavy atom. The lowest BCUT2D eigenvalue weighted by Gasteiger charge is -2.09. The van der Waals surface area contributed by atoms with Gasteiger partial charge in [-0.1, -0.05) is 65.8 Å². The van der Waals surface area contributed by atoms with E-state index in [1.54, 1.807) is 23.1 Å². The van der Waals surface area contributed by atoms with Crippen LogP contribution in [-0.4, -0.2) is 11.6 Å². The quantitative estimate of drug-likeness (QED) is 0.434. The van der Waals surface area contributed by atoms with E-state index in [9.17, 15) is 4.79 Å². The predicted octanol–water partition coefficient (Wildman–Crippen LogP) is 6.84. The standard InChI is InChI=1S/C25H21ClN2OS2/c1-17-22(12-5-13-24(29)27-16-20-9-6-14-30-20)31-23-11-3-2-10-21(23)25(28-17)18-7-4-8-19(26)15-18/h2-12,14-15H,13,16H2,1H3,(H,27,29)/b12-5-. The van der Waals surface area contributed by atoms with E-state index in [1.165, 1.54) is 0 Å². The van der Waals surface area contributed by atoms with Gasteiger partial charge in [-0.25, -0.2) is 0 Å². The average Bonchev–Trinajstić information content (AvgIpc) is 3.25. The van der Waals surface area contributed by atoms with Gasteiger partial charge in [0.25, 0.3) is 0 Å². The van der Waals surface area contributed by atoms with E-state index in [0.29, 0.717) is 18.0 Å². The number of halogens is 1. The zero-order chi connectivity index (χ0) is 21.6. The molecule has 0 saturated heterocycles. The lowest BCUT2D eigenvalue weighted by atomic mass is 10.0. The summed E-state index contributed by atoms with van der Waals surface area (Å²) in [4.78, 5) is 20.4. The lowest BCUT2D eigenvalue weighted by molar-refractivity contribution is -0.120. The molecule has 1 N–H and O–H groups in total. The second-order valence-corrected chi connectivity index (χ2v) is 9.53. The minimum Gasteiger partial charge on any atom is -0.351 e. The first kappa shape index (κ1) is 21.6. The number of hydrogen-bond donors (Lipinski definition) is 1. The maximum absolute atomic E-state index is 12.2. The molecule has 1 aliphatic rings. The number of hydrogen-bond acceptors (Lipinski definition) is 4. The molecule has 156 valence electrons. The Labute approximate surface area is 195 Å². The molecule has 0 spiro atoms. The van der Waals surface area contributed by atoms with Crippen molar-refractivity contribution in [3.05, 3.63) is 110 Å². The highest BCUT2D eigenvalue weighted by Gasteiger charge is 2.18. The van der Waals surface area contributed by atoms with Crippen LogP contribution in [0.3, 0.4) is 0 Å². The van der Waals surface area contributed by atoms with E-state index in [1.807, 2.05) is 73.0 Å². The molecule has 3 nitrogen and oxygen atoms in total. The van der Waals surface area contributed by atoms with Crippen LogP contribution < -0.4 is 5.32 Å². The van der Waals surface area contributed by atoms with Crippen molar-refractivity contribution in [2.75, 3.05) is 0 Å². The molecule has 0 radical (unpaired) electrons. The third-order valence-corrected chi connectivity index (χ3v) is 7.05. The molecule has 0 fully saturated rings. The fourth-order valence-electron chi connectivity index (χ4n) is 3.18. The van der Waals surface area contributed by atoms with E-state index in [2.05, 4.69) is 17.4 Å². The number of amides is 1. The van der Waals surface area contributed by atoms with Gasteiger partial charge in [0, 0.05) is 37.2 Å². The van der Waals surface area contributed by atoms with Crippen molar-refractivity contribution in [1.82, 2.24) is 5.32 Å². The second-order valence-electron chi connectivity index (χ2n) is 6.98. The first-order valence-electron chi connectivity index (χ1n) is 9.88. The zero-order valence-electron chi connectivity index (χ0n) is 17.0. The van der Waals surface area contributed by atoms with Crippen LogP contribution in [0.1, 0.15) is 29.3 Å². The second kappa shape index (κ2) is 10.1. The fourth-order valence-corrected chi connectivity index (χ4v) is 5.03. The maximum atomic E-state index is 12.2. The number of aliphatic imine (C=N–C) groups is 1. The zero-order valence-corrected chi connectivity index (χ0v) is 19.4. The molecule has 3 aromatic rings. The minimum absolute atomic E-state index is 0.00467. The fraction of sp³-hybridized carbons (Fsp3) is 0.120. The number of thiophene rings is 1. The van der Waals surface area contributed by atoms with E-state index < -0.39 is 0 Å². The number of carbonyl (C=O) groups excluding carboxylic acids is 1. The normalized spacial score (nSPS) is 13.7. The summed E-state index contributed by atoms with van der Waals surface area (Å²) in [6.07, 6.45) is 4.22. The van der Waals surface area contributed by atoms with Crippen LogP contribution >= 0.6 is 34.7 Å². The molecule has 0 bridgehead atoms. The van der Waals surface area contributed by atoms with Crippen LogP contribution in [0.2, 0.25) is 5.02 Å². The van der Waals surface area contributed by atoms with Gasteiger partial charge in [0.05, 0.1) is 18.0 Å². The molecule has 1 aromatic heterocycles. The largest absolute Gasteiger partial charge is 0.351 e. The molecular formula is C25H21ClN2OS2. The molecule has 1 aliphatic heterocycles. The Balaban J connectivity index is 1.55. The topological polar surface area (TPSA) is 41.5 Å². The number of rotatable bonds is 6. The highest BCUT2D eigenvalue weighted by molar-refractivity contribution is 8.03. The molecule has 31 heavy (non-hydrogen) atoms. The highest BCUT2D eigenvalue weighted by atomic mass is 35.5. The van der Waals surface area contributed by atoms with Gasteiger partial charge >= 0.3 is 0 Å². The summed E-state index contributed by atoms with van der Waals surface area (Å²) in [6.45, 7) is 2.57. The molecule has 0 unspecified atom stereocenters. The van der Waals surface area contributed by atoms with E-state index in [-0.39, 0.29) is 5.91 Å². The van der Waals surface area contributed by atoms with Crippen molar-refractivity contribution >= 4 is 46.3 Å². The first-order chi connectivity index (χ1) is 15.1. The smallest absolute Gasteiger partial charge is 0.224 e. The molecule has 6 heteroatoms. The van der Waals surface area contributed by atoms with Crippen molar-refractivity contribution in [1.29, 1.82) is 0 Å². The summed E-state index contributed by atoms with van der Waals surface area (Å²) in [5.74, 6) is 0.00467. The summed E-state index contributed by atoms with van der Waals surface area (Å²) in [7, 11) is 0. The van der Waals surface area contributed by atoms with Crippen molar-refractivity contribution in [2.24, 2.45) is 4.99 Å². The van der Waals surface area contributed by atoms with Crippen LogP contribution in [0.4, 0.5) is 0 Å². The number of nitrogens with one attached hydrogen (secondary N) is 1. The van der Waals surface area contributed by atoms with Crippen LogP contribution in [-0.2, 0) is 11.3 Å². The molecule has 4 rings (SSSR count). The monoisotopic (exact) mass is 464 g/mol. The van der Waals surface area contributed by atoms with E-state index in [0.717, 1.165) is 37.2 Å². The number of benzene rings is 2. The van der Waals surface area contributed by atoms with Crippen LogP contribution in [0.15, 0.2) is 98.7 Å². The van der Waals surface area contributed by atoms with Crippen molar-refractivity contribution in [3.8, 4) is 0 Å². The van der Waals surface area contributed by atoms with Gasteiger partial charge in [-0.3, -0.25) is 9.79 Å². The van der Waals surface area contributed by atoms with Gasteiger partial charge in [0.15, 0.2) is 0 Å². The highest BCUT2D eigenvalue weighted by Crippen LogP contribution is 2.37. The number of carbonyl (C=O) groups is 1. The van der Waals surface area contributed by atoms with Gasteiger partial charge in [0.2, 0.25) is 5.91 Å². The summed E-state index contributed by atoms with van der Waals surface area (Å²) in [5.41, 5.74) is 3.87. The Kier molecular flexibility index (Phi) is 7.07. The van der Waals surface area contributed by atoms with Gasteiger partial charge < -0.3 is 5.32 Å². The third kappa shape index (κ3) is 5.56. The van der Waals surface area contributed by atoms with Crippen LogP contribution in [0.5, 0.6) is 0 Å². The first-order valence-corrected chi connectivity index (χ1v) is 12.0. The maximum Gasteiger partial charge on any atom is 0.224 e. The summed E-state index contributed by atoms with van der Waals surface area (Å²) in [5, 5.41) is 5.65. The van der Waals surface area contributed by atoms with Gasteiger partial charge in [0.1, 0.15) is 0 Å². The van der Waals surface area contributed by atoms with Crippen molar-refractivity contribution in [3.63, 3.8) is 0 Å². The Morgan fingerprint density at radius 2 is 2.00 bits per heavy atom. The number of thioether (sulfide) groups is 1. The number of nitrogens with zero attached hydrogens (tertiary/aromatic N) is 1. The van der Waals surface area contributed by atoms with Crippen LogP contribution in [0, 0.1) is 0 Å². The molecule has 2 aromatic carbocycles. The number of allylic oxidation sites excluding steroid dienone is 2. The Morgan fingerprint density at radius 3 is 2.81 bits per heavy atom. The van der Waals surface area contributed by atoms with Gasteiger partial charge in [-0.2, -0.15) is 0 Å². The minimum atomic E-state index is 0.00467.